The average molecular weight is 297 g/mol. The number of hydrogen-bond donors (Lipinski definition) is 0. The molecule has 0 aromatic heterocycles. The lowest BCUT2D eigenvalue weighted by molar-refractivity contribution is 0.189. The molecule has 1 aromatic rings. The minimum atomic E-state index is -3.34. The summed E-state index contributed by atoms with van der Waals surface area (Å²) in [6.45, 7) is 1.38. The highest BCUT2D eigenvalue weighted by Crippen LogP contribution is 2.22. The zero-order valence-corrected chi connectivity index (χ0v) is 13.4. The molecule has 6 heteroatoms. The van der Waals surface area contributed by atoms with Crippen LogP contribution in [0.4, 0.5) is 0 Å². The zero-order chi connectivity index (χ0) is 14.9. The minimum Gasteiger partial charge on any atom is -0.298 e. The lowest BCUT2D eigenvalue weighted by atomic mass is 9.94. The second kappa shape index (κ2) is 5.81. The molecule has 0 radical (unpaired) electrons. The maximum atomic E-state index is 12.1. The molecule has 0 saturated heterocycles. The molecule has 0 spiro atoms. The Bertz CT molecular complexity index is 572. The minimum absolute atomic E-state index is 0.213. The van der Waals surface area contributed by atoms with Gasteiger partial charge in [-0.25, -0.2) is 0 Å². The first-order valence-corrected chi connectivity index (χ1v) is 8.13. The summed E-state index contributed by atoms with van der Waals surface area (Å²) in [6, 6.07) is 8.58. The van der Waals surface area contributed by atoms with Gasteiger partial charge < -0.3 is 0 Å². The van der Waals surface area contributed by atoms with Crippen molar-refractivity contribution in [1.82, 2.24) is 13.5 Å². The summed E-state index contributed by atoms with van der Waals surface area (Å²) in [5, 5.41) is 0. The molecule has 0 amide bonds. The molecular formula is C14H23N3O2S. The van der Waals surface area contributed by atoms with Crippen LogP contribution >= 0.6 is 0 Å². The summed E-state index contributed by atoms with van der Waals surface area (Å²) >= 11 is 0. The van der Waals surface area contributed by atoms with Crippen LogP contribution in [0.1, 0.15) is 11.1 Å². The molecule has 112 valence electrons. The monoisotopic (exact) mass is 297 g/mol. The van der Waals surface area contributed by atoms with Crippen molar-refractivity contribution in [2.75, 3.05) is 34.7 Å². The fourth-order valence-electron chi connectivity index (χ4n) is 2.59. The van der Waals surface area contributed by atoms with Crippen molar-refractivity contribution in [3.8, 4) is 0 Å². The summed E-state index contributed by atoms with van der Waals surface area (Å²) < 4.78 is 26.9. The number of nitrogens with zero attached hydrogens (tertiary/aromatic N) is 3. The first-order valence-electron chi connectivity index (χ1n) is 6.73. The van der Waals surface area contributed by atoms with E-state index in [9.17, 15) is 8.42 Å². The molecule has 1 aliphatic heterocycles. The van der Waals surface area contributed by atoms with E-state index in [1.807, 2.05) is 6.07 Å². The molecule has 0 saturated carbocycles. The topological polar surface area (TPSA) is 43.9 Å². The van der Waals surface area contributed by atoms with E-state index in [2.05, 4.69) is 30.1 Å². The summed E-state index contributed by atoms with van der Waals surface area (Å²) in [7, 11) is 3.48. The molecule has 0 aliphatic carbocycles. The number of hydrogen-bond acceptors (Lipinski definition) is 3. The van der Waals surface area contributed by atoms with Crippen LogP contribution in [0.3, 0.4) is 0 Å². The Labute approximate surface area is 122 Å². The van der Waals surface area contributed by atoms with Crippen molar-refractivity contribution in [3.63, 3.8) is 0 Å². The van der Waals surface area contributed by atoms with E-state index >= 15 is 0 Å². The smallest absolute Gasteiger partial charge is 0.281 e. The lowest BCUT2D eigenvalue weighted by Gasteiger charge is -2.36. The first kappa shape index (κ1) is 15.4. The zero-order valence-electron chi connectivity index (χ0n) is 12.6. The van der Waals surface area contributed by atoms with E-state index < -0.39 is 10.2 Å². The van der Waals surface area contributed by atoms with Gasteiger partial charge in [0.2, 0.25) is 0 Å². The lowest BCUT2D eigenvalue weighted by Crippen LogP contribution is -2.48. The molecule has 5 nitrogen and oxygen atoms in total. The third kappa shape index (κ3) is 3.03. The molecule has 0 bridgehead atoms. The van der Waals surface area contributed by atoms with Crippen LogP contribution in [0.5, 0.6) is 0 Å². The van der Waals surface area contributed by atoms with Crippen molar-refractivity contribution in [1.29, 1.82) is 0 Å². The number of likely N-dealkylation sites (N-methyl/N-ethyl adjacent to an activating group) is 2. The van der Waals surface area contributed by atoms with E-state index in [4.69, 9.17) is 0 Å². The van der Waals surface area contributed by atoms with Gasteiger partial charge >= 0.3 is 0 Å². The van der Waals surface area contributed by atoms with E-state index in [1.54, 1.807) is 21.1 Å². The number of fused-ring (bicyclic) bond motifs is 1. The van der Waals surface area contributed by atoms with Gasteiger partial charge in [0.25, 0.3) is 10.2 Å². The highest BCUT2D eigenvalue weighted by molar-refractivity contribution is 7.86. The van der Waals surface area contributed by atoms with Crippen molar-refractivity contribution in [2.24, 2.45) is 0 Å². The molecule has 1 unspecified atom stereocenters. The third-order valence-electron chi connectivity index (χ3n) is 3.94. The van der Waals surface area contributed by atoms with E-state index in [-0.39, 0.29) is 6.04 Å². The first-order chi connectivity index (χ1) is 9.32. The molecule has 20 heavy (non-hydrogen) atoms. The van der Waals surface area contributed by atoms with Crippen LogP contribution in [0, 0.1) is 0 Å². The van der Waals surface area contributed by atoms with Gasteiger partial charge in [0, 0.05) is 40.3 Å². The molecular weight excluding hydrogens is 274 g/mol. The second-order valence-corrected chi connectivity index (χ2v) is 7.86. The Balaban J connectivity index is 2.12. The highest BCUT2D eigenvalue weighted by Gasteiger charge is 2.28. The summed E-state index contributed by atoms with van der Waals surface area (Å²) in [5.41, 5.74) is 2.66. The summed E-state index contributed by atoms with van der Waals surface area (Å²) in [5.74, 6) is 0. The Kier molecular flexibility index (Phi) is 4.49. The molecule has 1 heterocycles. The summed E-state index contributed by atoms with van der Waals surface area (Å²) in [4.78, 5) is 2.23. The predicted octanol–water partition coefficient (Wildman–Crippen LogP) is 0.781. The molecule has 2 rings (SSSR count). The van der Waals surface area contributed by atoms with Crippen LogP contribution in [0.15, 0.2) is 24.3 Å². The number of benzene rings is 1. The maximum absolute atomic E-state index is 12.1. The fraction of sp³-hybridized carbons (Fsp3) is 0.571. The van der Waals surface area contributed by atoms with Gasteiger partial charge in [-0.15, -0.1) is 0 Å². The Morgan fingerprint density at radius 3 is 2.40 bits per heavy atom. The van der Waals surface area contributed by atoms with Crippen LogP contribution in [0.2, 0.25) is 0 Å². The Hall–Kier alpha value is -0.950. The van der Waals surface area contributed by atoms with Gasteiger partial charge in [-0.1, -0.05) is 24.3 Å². The van der Waals surface area contributed by atoms with Crippen LogP contribution in [-0.4, -0.2) is 62.7 Å². The Morgan fingerprint density at radius 1 is 1.20 bits per heavy atom. The van der Waals surface area contributed by atoms with Gasteiger partial charge in [0.15, 0.2) is 0 Å². The normalized spacial score (nSPS) is 20.4. The average Bonchev–Trinajstić information content (AvgIpc) is 2.39. The molecule has 0 N–H and O–H groups in total. The SMILES string of the molecule is CN1Cc2ccccc2CC1CN(C)S(=O)(=O)N(C)C. The molecule has 1 aromatic carbocycles. The fourth-order valence-corrected chi connectivity index (χ4v) is 3.51. The number of rotatable bonds is 4. The van der Waals surface area contributed by atoms with Gasteiger partial charge in [-0.2, -0.15) is 17.0 Å². The third-order valence-corrected chi connectivity index (χ3v) is 5.80. The predicted molar refractivity (Wildman–Crippen MR) is 80.6 cm³/mol. The standard InChI is InChI=1S/C14H23N3O2S/c1-15(2)20(18,19)17(4)11-14-9-12-7-5-6-8-13(12)10-16(14)3/h5-8,14H,9-11H2,1-4H3. The second-order valence-electron chi connectivity index (χ2n) is 5.61. The van der Waals surface area contributed by atoms with Crippen molar-refractivity contribution < 1.29 is 8.42 Å². The highest BCUT2D eigenvalue weighted by atomic mass is 32.2. The van der Waals surface area contributed by atoms with Crippen LogP contribution in [0.25, 0.3) is 0 Å². The van der Waals surface area contributed by atoms with Gasteiger partial charge in [0.05, 0.1) is 0 Å². The quantitative estimate of drug-likeness (QED) is 0.825. The molecule has 0 fully saturated rings. The maximum Gasteiger partial charge on any atom is 0.281 e. The van der Waals surface area contributed by atoms with Crippen LogP contribution < -0.4 is 0 Å². The van der Waals surface area contributed by atoms with Crippen molar-refractivity contribution >= 4 is 10.2 Å². The molecule has 1 atom stereocenters. The van der Waals surface area contributed by atoms with Gasteiger partial charge in [-0.05, 0) is 24.6 Å². The van der Waals surface area contributed by atoms with E-state index in [1.165, 1.54) is 19.7 Å². The van der Waals surface area contributed by atoms with Gasteiger partial charge in [0.1, 0.15) is 0 Å². The van der Waals surface area contributed by atoms with E-state index in [0.29, 0.717) is 6.54 Å². The van der Waals surface area contributed by atoms with Crippen molar-refractivity contribution in [3.05, 3.63) is 35.4 Å². The molecule has 1 aliphatic rings. The van der Waals surface area contributed by atoms with Gasteiger partial charge in [-0.3, -0.25) is 4.90 Å². The van der Waals surface area contributed by atoms with E-state index in [0.717, 1.165) is 13.0 Å². The largest absolute Gasteiger partial charge is 0.298 e. The Morgan fingerprint density at radius 2 is 1.80 bits per heavy atom. The van der Waals surface area contributed by atoms with Crippen LogP contribution in [-0.2, 0) is 23.2 Å². The van der Waals surface area contributed by atoms with Crippen molar-refractivity contribution in [2.45, 2.75) is 19.0 Å². The summed E-state index contributed by atoms with van der Waals surface area (Å²) in [6.07, 6.45) is 0.889.